The number of hydrogen-bond donors (Lipinski definition) is 1. The Labute approximate surface area is 95.3 Å². The van der Waals surface area contributed by atoms with Crippen LogP contribution in [-0.4, -0.2) is 20.4 Å². The fraction of sp³-hybridized carbons (Fsp3) is 0.222. The lowest BCUT2D eigenvalue weighted by atomic mass is 10.1. The topological polar surface area (TPSA) is 54.5 Å². The van der Waals surface area contributed by atoms with E-state index in [1.165, 1.54) is 0 Å². The van der Waals surface area contributed by atoms with Crippen LogP contribution in [0.3, 0.4) is 0 Å². The smallest absolute Gasteiger partial charge is 0.113 e. The Hall–Kier alpha value is -0.980. The predicted octanol–water partition coefficient (Wildman–Crippen LogP) is 2.03. The first-order valence-electron chi connectivity index (χ1n) is 4.33. The van der Waals surface area contributed by atoms with Gasteiger partial charge in [-0.25, -0.2) is 0 Å². The summed E-state index contributed by atoms with van der Waals surface area (Å²) in [5.74, 6) is 0. The zero-order valence-electron chi connectivity index (χ0n) is 7.66. The molecule has 5 heteroatoms. The van der Waals surface area contributed by atoms with Crippen molar-refractivity contribution in [3.63, 3.8) is 0 Å². The summed E-state index contributed by atoms with van der Waals surface area (Å²) in [6.07, 6.45) is 4.53. The largest absolute Gasteiger partial charge is 0.265 e. The highest BCUT2D eigenvalue weighted by Gasteiger charge is 2.08. The van der Waals surface area contributed by atoms with Gasteiger partial charge in [-0.3, -0.25) is 10.1 Å². The zero-order chi connectivity index (χ0) is 9.97. The van der Waals surface area contributed by atoms with Gasteiger partial charge in [0, 0.05) is 15.3 Å². The lowest BCUT2D eigenvalue weighted by Gasteiger charge is -2.04. The number of nitrogens with zero attached hydrogens (tertiary/aromatic N) is 3. The lowest BCUT2D eigenvalue weighted by Crippen LogP contribution is -1.94. The number of aromatic nitrogens is 4. The number of nitrogens with one attached hydrogen (secondary N) is 1. The summed E-state index contributed by atoms with van der Waals surface area (Å²) in [5, 5.41) is 10.4. The number of aryl methyl sites for hydroxylation is 1. The molecule has 2 aromatic heterocycles. The SMILES string of the molecule is CCc1nccc(-c2c[nH]nn2)c1I. The number of halogens is 1. The van der Waals surface area contributed by atoms with Gasteiger partial charge in [-0.05, 0) is 35.1 Å². The van der Waals surface area contributed by atoms with E-state index in [9.17, 15) is 0 Å². The number of rotatable bonds is 2. The quantitative estimate of drug-likeness (QED) is 0.864. The summed E-state index contributed by atoms with van der Waals surface area (Å²) in [4.78, 5) is 4.30. The molecular formula is C9H9IN4. The van der Waals surface area contributed by atoms with E-state index in [4.69, 9.17) is 0 Å². The molecule has 0 bridgehead atoms. The molecule has 0 amide bonds. The number of aromatic amines is 1. The minimum absolute atomic E-state index is 0.867. The fourth-order valence-electron chi connectivity index (χ4n) is 1.26. The molecule has 1 N–H and O–H groups in total. The monoisotopic (exact) mass is 300 g/mol. The predicted molar refractivity (Wildman–Crippen MR) is 61.7 cm³/mol. The van der Waals surface area contributed by atoms with Gasteiger partial charge >= 0.3 is 0 Å². The fourth-order valence-corrected chi connectivity index (χ4v) is 2.24. The summed E-state index contributed by atoms with van der Waals surface area (Å²) in [5.41, 5.74) is 3.06. The summed E-state index contributed by atoms with van der Waals surface area (Å²) in [7, 11) is 0. The van der Waals surface area contributed by atoms with E-state index in [0.717, 1.165) is 26.9 Å². The standard InChI is InChI=1S/C9H9IN4/c1-2-7-9(10)6(3-4-11-7)8-5-12-14-13-8/h3-5H,2H2,1H3,(H,12,13,14). The van der Waals surface area contributed by atoms with Crippen molar-refractivity contribution in [2.24, 2.45) is 0 Å². The average molecular weight is 300 g/mol. The van der Waals surface area contributed by atoms with E-state index >= 15 is 0 Å². The lowest BCUT2D eigenvalue weighted by molar-refractivity contribution is 0.941. The van der Waals surface area contributed by atoms with Crippen molar-refractivity contribution in [2.45, 2.75) is 13.3 Å². The molecule has 0 unspecified atom stereocenters. The van der Waals surface area contributed by atoms with Crippen LogP contribution >= 0.6 is 22.6 Å². The third kappa shape index (κ3) is 1.63. The molecule has 0 atom stereocenters. The first-order valence-corrected chi connectivity index (χ1v) is 5.41. The van der Waals surface area contributed by atoms with E-state index in [1.807, 2.05) is 12.3 Å². The highest BCUT2D eigenvalue weighted by atomic mass is 127. The van der Waals surface area contributed by atoms with Crippen LogP contribution in [-0.2, 0) is 6.42 Å². The Balaban J connectivity index is 2.54. The van der Waals surface area contributed by atoms with Crippen LogP contribution in [0.1, 0.15) is 12.6 Å². The molecule has 2 rings (SSSR count). The van der Waals surface area contributed by atoms with Crippen LogP contribution in [0, 0.1) is 3.57 Å². The van der Waals surface area contributed by atoms with Gasteiger partial charge in [0.15, 0.2) is 0 Å². The van der Waals surface area contributed by atoms with Crippen molar-refractivity contribution in [2.75, 3.05) is 0 Å². The van der Waals surface area contributed by atoms with Crippen molar-refractivity contribution in [3.8, 4) is 11.3 Å². The van der Waals surface area contributed by atoms with E-state index in [1.54, 1.807) is 6.20 Å². The molecule has 0 aliphatic heterocycles. The summed E-state index contributed by atoms with van der Waals surface area (Å²) >= 11 is 2.30. The first kappa shape index (κ1) is 9.57. The van der Waals surface area contributed by atoms with Gasteiger partial charge in [-0.1, -0.05) is 12.1 Å². The van der Waals surface area contributed by atoms with Crippen LogP contribution in [0.5, 0.6) is 0 Å². The second kappa shape index (κ2) is 4.04. The Morgan fingerprint density at radius 3 is 3.00 bits per heavy atom. The van der Waals surface area contributed by atoms with Gasteiger partial charge in [0.1, 0.15) is 5.69 Å². The molecule has 2 heterocycles. The van der Waals surface area contributed by atoms with Crippen molar-refractivity contribution in [1.29, 1.82) is 0 Å². The molecule has 2 aromatic rings. The maximum atomic E-state index is 4.30. The van der Waals surface area contributed by atoms with E-state index in [-0.39, 0.29) is 0 Å². The Morgan fingerprint density at radius 1 is 1.50 bits per heavy atom. The van der Waals surface area contributed by atoms with Crippen molar-refractivity contribution < 1.29 is 0 Å². The first-order chi connectivity index (χ1) is 6.83. The van der Waals surface area contributed by atoms with Crippen LogP contribution in [0.15, 0.2) is 18.5 Å². The van der Waals surface area contributed by atoms with Crippen LogP contribution in [0.25, 0.3) is 11.3 Å². The van der Waals surface area contributed by atoms with Gasteiger partial charge in [0.05, 0.1) is 11.9 Å². The summed E-state index contributed by atoms with van der Waals surface area (Å²) < 4.78 is 1.15. The maximum absolute atomic E-state index is 4.30. The molecule has 0 saturated heterocycles. The highest BCUT2D eigenvalue weighted by Crippen LogP contribution is 2.24. The molecule has 4 nitrogen and oxygen atoms in total. The molecule has 72 valence electrons. The molecule has 0 aliphatic rings. The Bertz CT molecular complexity index is 424. The second-order valence-corrected chi connectivity index (χ2v) is 3.91. The van der Waals surface area contributed by atoms with Crippen molar-refractivity contribution >= 4 is 22.6 Å². The molecule has 14 heavy (non-hydrogen) atoms. The van der Waals surface area contributed by atoms with E-state index < -0.39 is 0 Å². The summed E-state index contributed by atoms with van der Waals surface area (Å²) in [6.45, 7) is 2.09. The molecule has 0 aliphatic carbocycles. The van der Waals surface area contributed by atoms with Crippen LogP contribution in [0.4, 0.5) is 0 Å². The summed E-state index contributed by atoms with van der Waals surface area (Å²) in [6, 6.07) is 1.96. The normalized spacial score (nSPS) is 10.4. The maximum Gasteiger partial charge on any atom is 0.113 e. The Morgan fingerprint density at radius 2 is 2.36 bits per heavy atom. The molecule has 0 spiro atoms. The molecule has 0 radical (unpaired) electrons. The van der Waals surface area contributed by atoms with Gasteiger partial charge in [0.25, 0.3) is 0 Å². The Kier molecular flexibility index (Phi) is 2.76. The zero-order valence-corrected chi connectivity index (χ0v) is 9.82. The third-order valence-electron chi connectivity index (χ3n) is 1.99. The molecule has 0 saturated carbocycles. The number of H-pyrrole nitrogens is 1. The number of hydrogen-bond acceptors (Lipinski definition) is 3. The van der Waals surface area contributed by atoms with Gasteiger partial charge < -0.3 is 0 Å². The van der Waals surface area contributed by atoms with Gasteiger partial charge in [-0.2, -0.15) is 0 Å². The van der Waals surface area contributed by atoms with Gasteiger partial charge in [-0.15, -0.1) is 5.10 Å². The van der Waals surface area contributed by atoms with Crippen molar-refractivity contribution in [1.82, 2.24) is 20.4 Å². The molecule has 0 fully saturated rings. The average Bonchev–Trinajstić information content (AvgIpc) is 2.71. The minimum atomic E-state index is 0.867. The third-order valence-corrected chi connectivity index (χ3v) is 3.19. The van der Waals surface area contributed by atoms with Crippen LogP contribution < -0.4 is 0 Å². The number of pyridine rings is 1. The highest BCUT2D eigenvalue weighted by molar-refractivity contribution is 14.1. The van der Waals surface area contributed by atoms with E-state index in [0.29, 0.717) is 0 Å². The molecular weight excluding hydrogens is 291 g/mol. The minimum Gasteiger partial charge on any atom is -0.265 e. The second-order valence-electron chi connectivity index (χ2n) is 2.83. The van der Waals surface area contributed by atoms with Crippen molar-refractivity contribution in [3.05, 3.63) is 27.7 Å². The molecule has 0 aromatic carbocycles. The van der Waals surface area contributed by atoms with Crippen LogP contribution in [0.2, 0.25) is 0 Å². The van der Waals surface area contributed by atoms with Gasteiger partial charge in [0.2, 0.25) is 0 Å². The van der Waals surface area contributed by atoms with E-state index in [2.05, 4.69) is 49.9 Å².